The molecular weight excluding hydrogens is 328 g/mol. The van der Waals surface area contributed by atoms with E-state index in [9.17, 15) is 13.2 Å². The first kappa shape index (κ1) is 18.9. The van der Waals surface area contributed by atoms with E-state index in [0.717, 1.165) is 5.56 Å². The Morgan fingerprint density at radius 1 is 1.33 bits per heavy atom. The van der Waals surface area contributed by atoms with Crippen LogP contribution >= 0.6 is 0 Å². The van der Waals surface area contributed by atoms with E-state index < -0.39 is 15.6 Å². The summed E-state index contributed by atoms with van der Waals surface area (Å²) in [6.45, 7) is 10.6. The third kappa shape index (κ3) is 4.55. The second-order valence-corrected chi connectivity index (χ2v) is 8.95. The van der Waals surface area contributed by atoms with Crippen molar-refractivity contribution in [2.24, 2.45) is 0 Å². The molecule has 1 aliphatic rings. The summed E-state index contributed by atoms with van der Waals surface area (Å²) >= 11 is 0. The van der Waals surface area contributed by atoms with E-state index in [1.807, 2.05) is 13.8 Å². The van der Waals surface area contributed by atoms with E-state index in [1.165, 1.54) is 12.1 Å². The molecule has 2 rings (SSSR count). The molecule has 0 spiro atoms. The summed E-state index contributed by atoms with van der Waals surface area (Å²) in [7, 11) is -3.68. The largest absolute Gasteiger partial charge is 0.375 e. The molecule has 1 aromatic rings. The maximum absolute atomic E-state index is 12.8. The maximum atomic E-state index is 12.8. The molecule has 1 aliphatic heterocycles. The number of amides is 1. The van der Waals surface area contributed by atoms with Gasteiger partial charge in [0.25, 0.3) is 5.91 Å². The van der Waals surface area contributed by atoms with Crippen molar-refractivity contribution in [3.05, 3.63) is 29.3 Å². The fourth-order valence-electron chi connectivity index (χ4n) is 2.63. The van der Waals surface area contributed by atoms with Gasteiger partial charge in [0.1, 0.15) is 0 Å². The monoisotopic (exact) mass is 354 g/mol. The van der Waals surface area contributed by atoms with Crippen molar-refractivity contribution in [1.29, 1.82) is 0 Å². The maximum Gasteiger partial charge on any atom is 0.254 e. The Labute approximate surface area is 144 Å². The molecule has 1 fully saturated rings. The number of hydrogen-bond donors (Lipinski definition) is 1. The van der Waals surface area contributed by atoms with Gasteiger partial charge >= 0.3 is 0 Å². The minimum absolute atomic E-state index is 0.0162. The van der Waals surface area contributed by atoms with E-state index >= 15 is 0 Å². The SMILES string of the molecule is Cc1ccc(S(=O)(=O)NC(C)(C)C)cc1C(=O)N1CCOC(C)C1. The standard InChI is InChI=1S/C17H26N2O4S/c1-12-6-7-14(24(21,22)18-17(3,4)5)10-15(12)16(20)19-8-9-23-13(2)11-19/h6-7,10,13,18H,8-9,11H2,1-5H3. The molecule has 134 valence electrons. The van der Waals surface area contributed by atoms with Crippen LogP contribution in [0.15, 0.2) is 23.1 Å². The topological polar surface area (TPSA) is 75.7 Å². The Morgan fingerprint density at radius 3 is 2.58 bits per heavy atom. The number of rotatable bonds is 3. The van der Waals surface area contributed by atoms with Gasteiger partial charge in [-0.3, -0.25) is 4.79 Å². The molecular formula is C17H26N2O4S. The predicted molar refractivity (Wildman–Crippen MR) is 92.6 cm³/mol. The van der Waals surface area contributed by atoms with E-state index in [2.05, 4.69) is 4.72 Å². The second kappa shape index (κ2) is 6.82. The van der Waals surface area contributed by atoms with Crippen LogP contribution in [0.5, 0.6) is 0 Å². The molecule has 24 heavy (non-hydrogen) atoms. The third-order valence-corrected chi connectivity index (χ3v) is 5.47. The molecule has 0 aromatic heterocycles. The van der Waals surface area contributed by atoms with Crippen LogP contribution in [0.4, 0.5) is 0 Å². The zero-order valence-electron chi connectivity index (χ0n) is 14.9. The van der Waals surface area contributed by atoms with Crippen molar-refractivity contribution >= 4 is 15.9 Å². The Morgan fingerprint density at radius 2 is 2.00 bits per heavy atom. The zero-order valence-corrected chi connectivity index (χ0v) is 15.7. The highest BCUT2D eigenvalue weighted by Gasteiger charge is 2.26. The molecule has 1 aromatic carbocycles. The molecule has 1 N–H and O–H groups in total. The number of carbonyl (C=O) groups excluding carboxylic acids is 1. The van der Waals surface area contributed by atoms with Gasteiger partial charge in [0.15, 0.2) is 0 Å². The smallest absolute Gasteiger partial charge is 0.254 e. The van der Waals surface area contributed by atoms with Crippen LogP contribution in [0, 0.1) is 6.92 Å². The first-order valence-electron chi connectivity index (χ1n) is 8.05. The molecule has 0 saturated carbocycles. The van der Waals surface area contributed by atoms with Crippen molar-refractivity contribution < 1.29 is 17.9 Å². The van der Waals surface area contributed by atoms with Crippen LogP contribution in [0.3, 0.4) is 0 Å². The minimum atomic E-state index is -3.68. The highest BCUT2D eigenvalue weighted by atomic mass is 32.2. The Kier molecular flexibility index (Phi) is 5.37. The average Bonchev–Trinajstić information content (AvgIpc) is 2.44. The van der Waals surface area contributed by atoms with Crippen LogP contribution < -0.4 is 4.72 Å². The molecule has 0 aliphatic carbocycles. The highest BCUT2D eigenvalue weighted by molar-refractivity contribution is 7.89. The third-order valence-electron chi connectivity index (χ3n) is 3.72. The number of carbonyl (C=O) groups is 1. The number of hydrogen-bond acceptors (Lipinski definition) is 4. The summed E-state index contributed by atoms with van der Waals surface area (Å²) in [4.78, 5) is 14.6. The number of nitrogens with one attached hydrogen (secondary N) is 1. The van der Waals surface area contributed by atoms with Crippen LogP contribution in [0.25, 0.3) is 0 Å². The fraction of sp³-hybridized carbons (Fsp3) is 0.588. The lowest BCUT2D eigenvalue weighted by atomic mass is 10.1. The minimum Gasteiger partial charge on any atom is -0.375 e. The number of benzene rings is 1. The molecule has 0 radical (unpaired) electrons. The highest BCUT2D eigenvalue weighted by Crippen LogP contribution is 2.20. The Balaban J connectivity index is 2.33. The lowest BCUT2D eigenvalue weighted by Crippen LogP contribution is -2.44. The summed E-state index contributed by atoms with van der Waals surface area (Å²) in [6, 6.07) is 4.67. The van der Waals surface area contributed by atoms with Crippen molar-refractivity contribution in [3.8, 4) is 0 Å². The molecule has 1 saturated heterocycles. The quantitative estimate of drug-likeness (QED) is 0.900. The van der Waals surface area contributed by atoms with Gasteiger partial charge in [0, 0.05) is 24.2 Å². The van der Waals surface area contributed by atoms with Gasteiger partial charge in [-0.25, -0.2) is 13.1 Å². The van der Waals surface area contributed by atoms with Gasteiger partial charge in [-0.15, -0.1) is 0 Å². The molecule has 1 unspecified atom stereocenters. The van der Waals surface area contributed by atoms with Gasteiger partial charge < -0.3 is 9.64 Å². The molecule has 1 heterocycles. The number of ether oxygens (including phenoxy) is 1. The van der Waals surface area contributed by atoms with Gasteiger partial charge in [-0.1, -0.05) is 6.07 Å². The molecule has 0 bridgehead atoms. The molecule has 1 amide bonds. The van der Waals surface area contributed by atoms with Crippen LogP contribution in [0.1, 0.15) is 43.6 Å². The number of sulfonamides is 1. The van der Waals surface area contributed by atoms with Crippen molar-refractivity contribution in [2.45, 2.75) is 51.2 Å². The summed E-state index contributed by atoms with van der Waals surface area (Å²) < 4.78 is 33.1. The normalized spacial score (nSPS) is 19.4. The van der Waals surface area contributed by atoms with Crippen LogP contribution in [-0.4, -0.2) is 50.6 Å². The summed E-state index contributed by atoms with van der Waals surface area (Å²) in [6.07, 6.45) is -0.0162. The number of nitrogens with zero attached hydrogens (tertiary/aromatic N) is 1. The van der Waals surface area contributed by atoms with E-state index in [4.69, 9.17) is 4.74 Å². The van der Waals surface area contributed by atoms with Gasteiger partial charge in [-0.05, 0) is 52.3 Å². The molecule has 7 heteroatoms. The van der Waals surface area contributed by atoms with E-state index in [1.54, 1.807) is 31.7 Å². The lowest BCUT2D eigenvalue weighted by Gasteiger charge is -2.31. The van der Waals surface area contributed by atoms with Crippen molar-refractivity contribution in [1.82, 2.24) is 9.62 Å². The summed E-state index contributed by atoms with van der Waals surface area (Å²) in [5.74, 6) is -0.157. The van der Waals surface area contributed by atoms with E-state index in [-0.39, 0.29) is 16.9 Å². The summed E-state index contributed by atoms with van der Waals surface area (Å²) in [5, 5.41) is 0. The number of morpholine rings is 1. The average molecular weight is 354 g/mol. The van der Waals surface area contributed by atoms with Crippen LogP contribution in [0.2, 0.25) is 0 Å². The fourth-order valence-corrected chi connectivity index (χ4v) is 4.08. The second-order valence-electron chi connectivity index (χ2n) is 7.26. The van der Waals surface area contributed by atoms with Crippen molar-refractivity contribution in [3.63, 3.8) is 0 Å². The Hall–Kier alpha value is -1.44. The van der Waals surface area contributed by atoms with Gasteiger partial charge in [-0.2, -0.15) is 0 Å². The van der Waals surface area contributed by atoms with Crippen molar-refractivity contribution in [2.75, 3.05) is 19.7 Å². The van der Waals surface area contributed by atoms with Crippen LogP contribution in [-0.2, 0) is 14.8 Å². The first-order chi connectivity index (χ1) is 11.0. The zero-order chi connectivity index (χ0) is 18.1. The molecule has 1 atom stereocenters. The lowest BCUT2D eigenvalue weighted by molar-refractivity contribution is -0.0124. The van der Waals surface area contributed by atoms with Gasteiger partial charge in [0.05, 0.1) is 17.6 Å². The van der Waals surface area contributed by atoms with Gasteiger partial charge in [0.2, 0.25) is 10.0 Å². The Bertz CT molecular complexity index is 723. The summed E-state index contributed by atoms with van der Waals surface area (Å²) in [5.41, 5.74) is 0.586. The first-order valence-corrected chi connectivity index (χ1v) is 9.53. The molecule has 6 nitrogen and oxygen atoms in total. The number of aryl methyl sites for hydroxylation is 1. The predicted octanol–water partition coefficient (Wildman–Crippen LogP) is 1.93. The van der Waals surface area contributed by atoms with E-state index in [0.29, 0.717) is 25.3 Å².